The van der Waals surface area contributed by atoms with Crippen molar-refractivity contribution in [1.29, 1.82) is 0 Å². The number of fused-ring (bicyclic) bond motifs is 1. The molecule has 0 spiro atoms. The molecule has 6 heteroatoms. The van der Waals surface area contributed by atoms with Crippen molar-refractivity contribution in [3.8, 4) is 5.75 Å². The molecule has 32 heavy (non-hydrogen) atoms. The molecule has 2 aromatic carbocycles. The number of benzene rings is 2. The Morgan fingerprint density at radius 3 is 2.62 bits per heavy atom. The number of hydrogen-bond donors (Lipinski definition) is 1. The van der Waals surface area contributed by atoms with Crippen LogP contribution >= 0.6 is 0 Å². The lowest BCUT2D eigenvalue weighted by molar-refractivity contribution is -0.140. The maximum absolute atomic E-state index is 13.1. The summed E-state index contributed by atoms with van der Waals surface area (Å²) in [6, 6.07) is 12.6. The lowest BCUT2D eigenvalue weighted by atomic mass is 9.92. The Morgan fingerprint density at radius 2 is 1.94 bits per heavy atom. The molecular weight excluding hydrogens is 406 g/mol. The average molecular weight is 436 g/mol. The van der Waals surface area contributed by atoms with Crippen LogP contribution in [0.4, 0.5) is 0 Å². The monoisotopic (exact) mass is 435 g/mol. The third kappa shape index (κ3) is 4.02. The van der Waals surface area contributed by atoms with Gasteiger partial charge in [0.15, 0.2) is 0 Å². The van der Waals surface area contributed by atoms with E-state index in [9.17, 15) is 14.7 Å². The number of amides is 1. The first-order chi connectivity index (χ1) is 15.4. The van der Waals surface area contributed by atoms with Crippen molar-refractivity contribution in [2.24, 2.45) is 0 Å². The summed E-state index contributed by atoms with van der Waals surface area (Å²) >= 11 is 0. The Hall–Kier alpha value is -3.12. The second-order valence-corrected chi connectivity index (χ2v) is 8.58. The largest absolute Gasteiger partial charge is 0.507 e. The maximum Gasteiger partial charge on any atom is 0.295 e. The first-order valence-corrected chi connectivity index (χ1v) is 11.1. The van der Waals surface area contributed by atoms with Gasteiger partial charge in [-0.3, -0.25) is 9.59 Å². The molecule has 1 amide bonds. The smallest absolute Gasteiger partial charge is 0.295 e. The highest BCUT2D eigenvalue weighted by Gasteiger charge is 2.45. The third-order valence-electron chi connectivity index (χ3n) is 6.18. The van der Waals surface area contributed by atoms with E-state index in [0.717, 1.165) is 35.3 Å². The summed E-state index contributed by atoms with van der Waals surface area (Å²) < 4.78 is 10.8. The number of rotatable bonds is 6. The van der Waals surface area contributed by atoms with E-state index in [1.165, 1.54) is 4.90 Å². The number of Topliss-reactive ketones (excluding diaryl/α,β-unsaturated/α-hetero) is 1. The van der Waals surface area contributed by atoms with Crippen molar-refractivity contribution in [3.63, 3.8) is 0 Å². The van der Waals surface area contributed by atoms with Crippen LogP contribution in [-0.4, -0.2) is 48.6 Å². The first kappa shape index (κ1) is 22.1. The summed E-state index contributed by atoms with van der Waals surface area (Å²) in [6.07, 6.45) is 1.75. The second-order valence-electron chi connectivity index (χ2n) is 8.58. The molecular formula is C26H29NO5. The van der Waals surface area contributed by atoms with Crippen LogP contribution in [0.25, 0.3) is 5.76 Å². The Labute approximate surface area is 188 Å². The van der Waals surface area contributed by atoms with E-state index in [1.54, 1.807) is 13.2 Å². The molecule has 1 saturated heterocycles. The van der Waals surface area contributed by atoms with Gasteiger partial charge in [-0.05, 0) is 53.6 Å². The van der Waals surface area contributed by atoms with Crippen LogP contribution in [0.15, 0.2) is 48.0 Å². The highest BCUT2D eigenvalue weighted by molar-refractivity contribution is 6.46. The van der Waals surface area contributed by atoms with Gasteiger partial charge >= 0.3 is 0 Å². The molecule has 1 atom stereocenters. The van der Waals surface area contributed by atoms with Gasteiger partial charge in [-0.1, -0.05) is 38.1 Å². The Balaban J connectivity index is 1.81. The SMILES string of the molecule is COCCN1C(=O)C(=O)/C(=C(\O)c2ccc3c(c2)CCCO3)C1c1ccc(C(C)C)cc1. The van der Waals surface area contributed by atoms with Crippen LogP contribution < -0.4 is 4.74 Å². The molecule has 0 bridgehead atoms. The number of nitrogens with zero attached hydrogens (tertiary/aromatic N) is 1. The summed E-state index contributed by atoms with van der Waals surface area (Å²) in [5, 5.41) is 11.2. The lowest BCUT2D eigenvalue weighted by Gasteiger charge is -2.25. The molecule has 1 N–H and O–H groups in total. The molecule has 2 heterocycles. The van der Waals surface area contributed by atoms with Gasteiger partial charge in [0.2, 0.25) is 0 Å². The molecule has 0 saturated carbocycles. The number of methoxy groups -OCH3 is 1. The molecule has 2 aromatic rings. The second kappa shape index (κ2) is 9.17. The fraction of sp³-hybridized carbons (Fsp3) is 0.385. The first-order valence-electron chi connectivity index (χ1n) is 11.1. The zero-order chi connectivity index (χ0) is 22.8. The number of ether oxygens (including phenoxy) is 2. The summed E-state index contributed by atoms with van der Waals surface area (Å²) in [7, 11) is 1.55. The van der Waals surface area contributed by atoms with E-state index in [0.29, 0.717) is 24.7 Å². The molecule has 1 fully saturated rings. The number of aliphatic hydroxyl groups is 1. The average Bonchev–Trinajstić information content (AvgIpc) is 3.06. The summed E-state index contributed by atoms with van der Waals surface area (Å²) in [5.41, 5.74) is 3.57. The molecule has 0 radical (unpaired) electrons. The summed E-state index contributed by atoms with van der Waals surface area (Å²) in [5.74, 6) is -0.293. The van der Waals surface area contributed by atoms with Gasteiger partial charge < -0.3 is 19.5 Å². The lowest BCUT2D eigenvalue weighted by Crippen LogP contribution is -2.32. The minimum absolute atomic E-state index is 0.111. The Bertz CT molecular complexity index is 1050. The van der Waals surface area contributed by atoms with Crippen molar-refractivity contribution >= 4 is 17.4 Å². The minimum atomic E-state index is -0.675. The Kier molecular flexibility index (Phi) is 6.33. The quantitative estimate of drug-likeness (QED) is 0.418. The fourth-order valence-corrected chi connectivity index (χ4v) is 4.37. The van der Waals surface area contributed by atoms with Crippen molar-refractivity contribution < 1.29 is 24.2 Å². The van der Waals surface area contributed by atoms with Crippen LogP contribution in [0.1, 0.15) is 54.5 Å². The molecule has 0 aliphatic carbocycles. The van der Waals surface area contributed by atoms with Crippen LogP contribution in [-0.2, 0) is 20.7 Å². The van der Waals surface area contributed by atoms with Crippen LogP contribution in [0.3, 0.4) is 0 Å². The number of likely N-dealkylation sites (tertiary alicyclic amines) is 1. The van der Waals surface area contributed by atoms with E-state index in [-0.39, 0.29) is 17.9 Å². The molecule has 1 unspecified atom stereocenters. The standard InChI is InChI=1S/C26H29NO5/c1-16(2)17-6-8-18(9-7-17)23-22(25(29)26(30)27(23)12-14-31-3)24(28)20-10-11-21-19(15-20)5-4-13-32-21/h6-11,15-16,23,28H,4-5,12-14H2,1-3H3/b24-22-. The number of ketones is 1. The van der Waals surface area contributed by atoms with E-state index >= 15 is 0 Å². The number of hydrogen-bond acceptors (Lipinski definition) is 5. The van der Waals surface area contributed by atoms with Gasteiger partial charge in [-0.15, -0.1) is 0 Å². The highest BCUT2D eigenvalue weighted by Crippen LogP contribution is 2.40. The highest BCUT2D eigenvalue weighted by atomic mass is 16.5. The summed E-state index contributed by atoms with van der Waals surface area (Å²) in [6.45, 7) is 5.45. The predicted molar refractivity (Wildman–Crippen MR) is 122 cm³/mol. The van der Waals surface area contributed by atoms with Gasteiger partial charge in [0, 0.05) is 19.2 Å². The maximum atomic E-state index is 13.1. The molecule has 6 nitrogen and oxygen atoms in total. The zero-order valence-corrected chi connectivity index (χ0v) is 18.8. The van der Waals surface area contributed by atoms with Crippen LogP contribution in [0.5, 0.6) is 5.75 Å². The molecule has 168 valence electrons. The molecule has 4 rings (SSSR count). The van der Waals surface area contributed by atoms with E-state index in [4.69, 9.17) is 9.47 Å². The van der Waals surface area contributed by atoms with E-state index < -0.39 is 17.7 Å². The van der Waals surface area contributed by atoms with Crippen molar-refractivity contribution in [3.05, 3.63) is 70.3 Å². The zero-order valence-electron chi connectivity index (χ0n) is 18.8. The normalized spacial score (nSPS) is 19.9. The van der Waals surface area contributed by atoms with Gasteiger partial charge in [0.05, 0.1) is 24.8 Å². The molecule has 0 aromatic heterocycles. The topological polar surface area (TPSA) is 76.1 Å². The van der Waals surface area contributed by atoms with Crippen molar-refractivity contribution in [2.45, 2.75) is 38.6 Å². The number of carbonyl (C=O) groups excluding carboxylic acids is 2. The number of aliphatic hydroxyl groups excluding tert-OH is 1. The minimum Gasteiger partial charge on any atom is -0.507 e. The van der Waals surface area contributed by atoms with E-state index in [1.807, 2.05) is 36.4 Å². The molecule has 2 aliphatic heterocycles. The van der Waals surface area contributed by atoms with Gasteiger partial charge in [-0.2, -0.15) is 0 Å². The van der Waals surface area contributed by atoms with Crippen molar-refractivity contribution in [1.82, 2.24) is 4.90 Å². The van der Waals surface area contributed by atoms with Crippen molar-refractivity contribution in [2.75, 3.05) is 26.9 Å². The fourth-order valence-electron chi connectivity index (χ4n) is 4.37. The number of aryl methyl sites for hydroxylation is 1. The van der Waals surface area contributed by atoms with Gasteiger partial charge in [0.25, 0.3) is 11.7 Å². The Morgan fingerprint density at radius 1 is 1.19 bits per heavy atom. The predicted octanol–water partition coefficient (Wildman–Crippen LogP) is 4.20. The number of carbonyl (C=O) groups is 2. The van der Waals surface area contributed by atoms with Gasteiger partial charge in [-0.25, -0.2) is 0 Å². The molecule has 2 aliphatic rings. The van der Waals surface area contributed by atoms with Crippen LogP contribution in [0.2, 0.25) is 0 Å². The third-order valence-corrected chi connectivity index (χ3v) is 6.18. The van der Waals surface area contributed by atoms with E-state index in [2.05, 4.69) is 13.8 Å². The van der Waals surface area contributed by atoms with Gasteiger partial charge in [0.1, 0.15) is 11.5 Å². The van der Waals surface area contributed by atoms with Crippen LogP contribution in [0, 0.1) is 0 Å². The summed E-state index contributed by atoms with van der Waals surface area (Å²) in [4.78, 5) is 27.5.